The van der Waals surface area contributed by atoms with Gasteiger partial charge in [0.2, 0.25) is 5.88 Å². The number of aliphatic imine (C=N–C) groups is 1. The van der Waals surface area contributed by atoms with Crippen molar-refractivity contribution in [2.75, 3.05) is 7.11 Å². The molecule has 2 nitrogen and oxygen atoms in total. The smallest absolute Gasteiger partial charge is 0.205 e. The van der Waals surface area contributed by atoms with E-state index >= 15 is 0 Å². The minimum atomic E-state index is 0.393. The third-order valence-electron chi connectivity index (χ3n) is 0.560. The molecule has 0 unspecified atom stereocenters. The molecule has 0 N–H and O–H groups in total. The SMILES string of the molecule is C=CC=NC(=C)OC. The van der Waals surface area contributed by atoms with Crippen molar-refractivity contribution in [2.24, 2.45) is 4.99 Å². The molecular weight excluding hydrogens is 102 g/mol. The molecule has 0 amide bonds. The fourth-order valence-electron chi connectivity index (χ4n) is 0.189. The van der Waals surface area contributed by atoms with Crippen molar-refractivity contribution in [1.29, 1.82) is 0 Å². The van der Waals surface area contributed by atoms with Crippen molar-refractivity contribution in [3.05, 3.63) is 25.1 Å². The van der Waals surface area contributed by atoms with Crippen LogP contribution in [0.4, 0.5) is 0 Å². The van der Waals surface area contributed by atoms with Gasteiger partial charge in [-0.25, -0.2) is 4.99 Å². The Labute approximate surface area is 49.2 Å². The summed E-state index contributed by atoms with van der Waals surface area (Å²) in [4.78, 5) is 3.70. The number of rotatable bonds is 3. The molecule has 0 rings (SSSR count). The summed E-state index contributed by atoms with van der Waals surface area (Å²) in [6.07, 6.45) is 3.08. The zero-order chi connectivity index (χ0) is 6.41. The van der Waals surface area contributed by atoms with Gasteiger partial charge in [-0.2, -0.15) is 0 Å². The Balaban J connectivity index is 3.52. The average molecular weight is 111 g/mol. The van der Waals surface area contributed by atoms with E-state index in [1.165, 1.54) is 13.3 Å². The molecule has 0 aliphatic carbocycles. The first-order chi connectivity index (χ1) is 3.81. The van der Waals surface area contributed by atoms with E-state index in [-0.39, 0.29) is 0 Å². The third-order valence-corrected chi connectivity index (χ3v) is 0.560. The van der Waals surface area contributed by atoms with Gasteiger partial charge >= 0.3 is 0 Å². The monoisotopic (exact) mass is 111 g/mol. The number of nitrogens with zero attached hydrogens (tertiary/aromatic N) is 1. The maximum Gasteiger partial charge on any atom is 0.205 e. The first kappa shape index (κ1) is 6.95. The van der Waals surface area contributed by atoms with Gasteiger partial charge in [0, 0.05) is 6.21 Å². The first-order valence-corrected chi connectivity index (χ1v) is 2.19. The molecule has 0 bridgehead atoms. The van der Waals surface area contributed by atoms with E-state index in [1.54, 1.807) is 6.08 Å². The average Bonchev–Trinajstić information content (AvgIpc) is 1.83. The van der Waals surface area contributed by atoms with Crippen molar-refractivity contribution in [2.45, 2.75) is 0 Å². The zero-order valence-electron chi connectivity index (χ0n) is 4.92. The van der Waals surface area contributed by atoms with E-state index in [2.05, 4.69) is 22.9 Å². The van der Waals surface area contributed by atoms with Crippen LogP contribution in [0.5, 0.6) is 0 Å². The van der Waals surface area contributed by atoms with Crippen molar-refractivity contribution >= 4 is 6.21 Å². The fraction of sp³-hybridized carbons (Fsp3) is 0.167. The molecular formula is C6H9NO. The van der Waals surface area contributed by atoms with E-state index in [1.807, 2.05) is 0 Å². The second-order valence-corrected chi connectivity index (χ2v) is 1.11. The van der Waals surface area contributed by atoms with Crippen molar-refractivity contribution in [1.82, 2.24) is 0 Å². The summed E-state index contributed by atoms with van der Waals surface area (Å²) in [7, 11) is 1.52. The molecule has 0 saturated heterocycles. The van der Waals surface area contributed by atoms with E-state index in [4.69, 9.17) is 0 Å². The van der Waals surface area contributed by atoms with Crippen LogP contribution in [0.3, 0.4) is 0 Å². The van der Waals surface area contributed by atoms with E-state index in [9.17, 15) is 0 Å². The molecule has 0 saturated carbocycles. The molecule has 0 heterocycles. The molecule has 2 heteroatoms. The minimum absolute atomic E-state index is 0.393. The number of methoxy groups -OCH3 is 1. The summed E-state index contributed by atoms with van der Waals surface area (Å²) in [5, 5.41) is 0. The molecule has 44 valence electrons. The van der Waals surface area contributed by atoms with Crippen molar-refractivity contribution < 1.29 is 4.74 Å². The third kappa shape index (κ3) is 3.15. The van der Waals surface area contributed by atoms with Gasteiger partial charge in [-0.15, -0.1) is 0 Å². The van der Waals surface area contributed by atoms with Crippen LogP contribution in [-0.2, 0) is 4.74 Å². The number of hydrogen-bond donors (Lipinski definition) is 0. The highest BCUT2D eigenvalue weighted by Gasteiger charge is 1.76. The molecule has 0 fully saturated rings. The summed E-state index contributed by atoms with van der Waals surface area (Å²) in [5.41, 5.74) is 0. The number of allylic oxidation sites excluding steroid dienone is 1. The molecule has 0 aromatic heterocycles. The highest BCUT2D eigenvalue weighted by molar-refractivity contribution is 5.70. The highest BCUT2D eigenvalue weighted by atomic mass is 16.5. The Morgan fingerprint density at radius 3 is 2.75 bits per heavy atom. The molecule has 0 radical (unpaired) electrons. The highest BCUT2D eigenvalue weighted by Crippen LogP contribution is 1.88. The normalized spacial score (nSPS) is 9.12. The van der Waals surface area contributed by atoms with Crippen LogP contribution < -0.4 is 0 Å². The maximum atomic E-state index is 4.61. The fourth-order valence-corrected chi connectivity index (χ4v) is 0.189. The Morgan fingerprint density at radius 1 is 1.75 bits per heavy atom. The molecule has 0 aliphatic heterocycles. The molecule has 0 aromatic rings. The van der Waals surface area contributed by atoms with E-state index in [0.717, 1.165) is 0 Å². The summed E-state index contributed by atoms with van der Waals surface area (Å²) in [6, 6.07) is 0. The van der Waals surface area contributed by atoms with Crippen LogP contribution in [0, 0.1) is 0 Å². The summed E-state index contributed by atoms with van der Waals surface area (Å²) >= 11 is 0. The quantitative estimate of drug-likeness (QED) is 0.398. The predicted molar refractivity (Wildman–Crippen MR) is 34.8 cm³/mol. The van der Waals surface area contributed by atoms with Crippen LogP contribution in [-0.4, -0.2) is 13.3 Å². The Morgan fingerprint density at radius 2 is 2.38 bits per heavy atom. The summed E-state index contributed by atoms with van der Waals surface area (Å²) in [6.45, 7) is 6.86. The van der Waals surface area contributed by atoms with Crippen LogP contribution >= 0.6 is 0 Å². The number of hydrogen-bond acceptors (Lipinski definition) is 2. The van der Waals surface area contributed by atoms with Crippen LogP contribution in [0.1, 0.15) is 0 Å². The molecule has 0 aliphatic rings. The Hall–Kier alpha value is -1.05. The lowest BCUT2D eigenvalue weighted by Crippen LogP contribution is -1.77. The molecule has 8 heavy (non-hydrogen) atoms. The largest absolute Gasteiger partial charge is 0.481 e. The summed E-state index contributed by atoms with van der Waals surface area (Å²) in [5.74, 6) is 0.393. The topological polar surface area (TPSA) is 21.6 Å². The van der Waals surface area contributed by atoms with Gasteiger partial charge in [0.05, 0.1) is 7.11 Å². The van der Waals surface area contributed by atoms with Gasteiger partial charge in [-0.05, 0) is 6.58 Å². The van der Waals surface area contributed by atoms with Crippen LogP contribution in [0.15, 0.2) is 30.1 Å². The lowest BCUT2D eigenvalue weighted by molar-refractivity contribution is 0.291. The minimum Gasteiger partial charge on any atom is -0.481 e. The number of ether oxygens (including phenoxy) is 1. The van der Waals surface area contributed by atoms with Crippen LogP contribution in [0.2, 0.25) is 0 Å². The van der Waals surface area contributed by atoms with E-state index < -0.39 is 0 Å². The van der Waals surface area contributed by atoms with Crippen molar-refractivity contribution in [3.63, 3.8) is 0 Å². The molecule has 0 spiro atoms. The molecule has 0 aromatic carbocycles. The van der Waals surface area contributed by atoms with Crippen LogP contribution in [0.25, 0.3) is 0 Å². The van der Waals surface area contributed by atoms with Gasteiger partial charge in [-0.3, -0.25) is 0 Å². The van der Waals surface area contributed by atoms with Gasteiger partial charge in [0.15, 0.2) is 0 Å². The second kappa shape index (κ2) is 4.12. The lowest BCUT2D eigenvalue weighted by atomic mass is 10.7. The maximum absolute atomic E-state index is 4.61. The Bertz CT molecular complexity index is 116. The lowest BCUT2D eigenvalue weighted by Gasteiger charge is -1.91. The van der Waals surface area contributed by atoms with Crippen molar-refractivity contribution in [3.8, 4) is 0 Å². The standard InChI is InChI=1S/C6H9NO/c1-4-5-7-6(2)8-3/h4-5H,1-2H2,3H3. The summed E-state index contributed by atoms with van der Waals surface area (Å²) < 4.78 is 4.61. The molecule has 0 atom stereocenters. The Kier molecular flexibility index (Phi) is 3.58. The van der Waals surface area contributed by atoms with Gasteiger partial charge < -0.3 is 4.74 Å². The van der Waals surface area contributed by atoms with Gasteiger partial charge in [0.1, 0.15) is 0 Å². The predicted octanol–water partition coefficient (Wildman–Crippen LogP) is 1.36. The second-order valence-electron chi connectivity index (χ2n) is 1.11. The van der Waals surface area contributed by atoms with Gasteiger partial charge in [0.25, 0.3) is 0 Å². The van der Waals surface area contributed by atoms with E-state index in [0.29, 0.717) is 5.88 Å². The van der Waals surface area contributed by atoms with Gasteiger partial charge in [-0.1, -0.05) is 12.7 Å². The first-order valence-electron chi connectivity index (χ1n) is 2.19. The zero-order valence-corrected chi connectivity index (χ0v) is 4.92.